The van der Waals surface area contributed by atoms with Crippen molar-refractivity contribution >= 4 is 17.7 Å². The number of hydrogen-bond donors (Lipinski definition) is 3. The van der Waals surface area contributed by atoms with Crippen molar-refractivity contribution in [1.29, 1.82) is 0 Å². The van der Waals surface area contributed by atoms with E-state index in [0.29, 0.717) is 5.56 Å². The van der Waals surface area contributed by atoms with Gasteiger partial charge < -0.3 is 5.32 Å². The number of benzene rings is 2. The zero-order valence-electron chi connectivity index (χ0n) is 13.9. The first-order valence-corrected chi connectivity index (χ1v) is 7.57. The SMILES string of the molecule is Cc1ccc(C(=O)NCC(=O)NNC(=O)c2ccc(F)cc2)cc1C. The van der Waals surface area contributed by atoms with Gasteiger partial charge in [0.15, 0.2) is 0 Å². The fourth-order valence-electron chi connectivity index (χ4n) is 1.99. The van der Waals surface area contributed by atoms with Gasteiger partial charge in [-0.05, 0) is 61.4 Å². The molecule has 0 heterocycles. The normalized spacial score (nSPS) is 10.0. The van der Waals surface area contributed by atoms with Crippen LogP contribution in [0.4, 0.5) is 4.39 Å². The number of halogens is 1. The fraction of sp³-hybridized carbons (Fsp3) is 0.167. The number of rotatable bonds is 4. The Morgan fingerprint density at radius 2 is 1.48 bits per heavy atom. The monoisotopic (exact) mass is 343 g/mol. The summed E-state index contributed by atoms with van der Waals surface area (Å²) in [5, 5.41) is 2.46. The number of carbonyl (C=O) groups excluding carboxylic acids is 3. The minimum Gasteiger partial charge on any atom is -0.343 e. The smallest absolute Gasteiger partial charge is 0.269 e. The van der Waals surface area contributed by atoms with E-state index in [-0.39, 0.29) is 18.0 Å². The van der Waals surface area contributed by atoms with Crippen molar-refractivity contribution < 1.29 is 18.8 Å². The molecule has 2 aromatic rings. The summed E-state index contributed by atoms with van der Waals surface area (Å²) in [4.78, 5) is 35.4. The third kappa shape index (κ3) is 5.13. The maximum atomic E-state index is 12.8. The summed E-state index contributed by atoms with van der Waals surface area (Å²) in [6.45, 7) is 3.54. The molecular formula is C18H18FN3O3. The van der Waals surface area contributed by atoms with Crippen LogP contribution in [0.2, 0.25) is 0 Å². The molecule has 3 amide bonds. The van der Waals surface area contributed by atoms with Crippen LogP contribution in [0.15, 0.2) is 42.5 Å². The highest BCUT2D eigenvalue weighted by Gasteiger charge is 2.10. The molecule has 0 unspecified atom stereocenters. The summed E-state index contributed by atoms with van der Waals surface area (Å²) in [6, 6.07) is 10.1. The van der Waals surface area contributed by atoms with E-state index >= 15 is 0 Å². The van der Waals surface area contributed by atoms with Gasteiger partial charge in [-0.15, -0.1) is 0 Å². The molecule has 0 saturated heterocycles. The van der Waals surface area contributed by atoms with Crippen LogP contribution in [0.25, 0.3) is 0 Å². The van der Waals surface area contributed by atoms with Crippen molar-refractivity contribution in [2.45, 2.75) is 13.8 Å². The molecule has 0 aliphatic rings. The van der Waals surface area contributed by atoms with E-state index in [0.717, 1.165) is 23.3 Å². The largest absolute Gasteiger partial charge is 0.343 e. The van der Waals surface area contributed by atoms with Crippen molar-refractivity contribution in [1.82, 2.24) is 16.2 Å². The lowest BCUT2D eigenvalue weighted by molar-refractivity contribution is -0.120. The maximum Gasteiger partial charge on any atom is 0.269 e. The van der Waals surface area contributed by atoms with Gasteiger partial charge in [-0.25, -0.2) is 4.39 Å². The first kappa shape index (κ1) is 18.1. The molecule has 7 heteroatoms. The average Bonchev–Trinajstić information content (AvgIpc) is 2.60. The second-order valence-corrected chi connectivity index (χ2v) is 5.49. The lowest BCUT2D eigenvalue weighted by Gasteiger charge is -2.09. The average molecular weight is 343 g/mol. The van der Waals surface area contributed by atoms with Gasteiger partial charge in [0.25, 0.3) is 17.7 Å². The summed E-state index contributed by atoms with van der Waals surface area (Å²) in [5.41, 5.74) is 7.05. The number of amides is 3. The van der Waals surface area contributed by atoms with Gasteiger partial charge in [0.2, 0.25) is 0 Å². The minimum atomic E-state index is -0.590. The predicted octanol–water partition coefficient (Wildman–Crippen LogP) is 1.63. The summed E-state index contributed by atoms with van der Waals surface area (Å²) >= 11 is 0. The zero-order valence-corrected chi connectivity index (χ0v) is 13.9. The van der Waals surface area contributed by atoms with Crippen LogP contribution in [0.1, 0.15) is 31.8 Å². The van der Waals surface area contributed by atoms with E-state index in [2.05, 4.69) is 16.2 Å². The van der Waals surface area contributed by atoms with Gasteiger partial charge in [-0.2, -0.15) is 0 Å². The molecule has 0 atom stereocenters. The lowest BCUT2D eigenvalue weighted by Crippen LogP contribution is -2.46. The molecule has 0 radical (unpaired) electrons. The van der Waals surface area contributed by atoms with Crippen molar-refractivity contribution in [3.63, 3.8) is 0 Å². The molecular weight excluding hydrogens is 325 g/mol. The van der Waals surface area contributed by atoms with E-state index in [1.54, 1.807) is 12.1 Å². The Bertz CT molecular complexity index is 804. The molecule has 0 aliphatic carbocycles. The topological polar surface area (TPSA) is 87.3 Å². The van der Waals surface area contributed by atoms with Crippen LogP contribution < -0.4 is 16.2 Å². The Morgan fingerprint density at radius 3 is 2.12 bits per heavy atom. The third-order valence-electron chi connectivity index (χ3n) is 3.60. The van der Waals surface area contributed by atoms with E-state index in [1.807, 2.05) is 19.9 Å². The summed E-state index contributed by atoms with van der Waals surface area (Å²) in [6.07, 6.45) is 0. The molecule has 0 aliphatic heterocycles. The van der Waals surface area contributed by atoms with Crippen molar-refractivity contribution in [3.05, 3.63) is 70.5 Å². The number of nitrogens with one attached hydrogen (secondary N) is 3. The van der Waals surface area contributed by atoms with E-state index < -0.39 is 17.6 Å². The van der Waals surface area contributed by atoms with E-state index in [4.69, 9.17) is 0 Å². The van der Waals surface area contributed by atoms with Gasteiger partial charge in [0.05, 0.1) is 6.54 Å². The van der Waals surface area contributed by atoms with Gasteiger partial charge in [-0.1, -0.05) is 6.07 Å². The van der Waals surface area contributed by atoms with Crippen molar-refractivity contribution in [2.24, 2.45) is 0 Å². The Kier molecular flexibility index (Phi) is 5.84. The van der Waals surface area contributed by atoms with Crippen LogP contribution in [0, 0.1) is 19.7 Å². The molecule has 6 nitrogen and oxygen atoms in total. The molecule has 0 fully saturated rings. The number of hydrazine groups is 1. The minimum absolute atomic E-state index is 0.195. The van der Waals surface area contributed by atoms with Gasteiger partial charge in [0.1, 0.15) is 5.82 Å². The van der Waals surface area contributed by atoms with Gasteiger partial charge in [-0.3, -0.25) is 25.2 Å². The predicted molar refractivity (Wildman–Crippen MR) is 90.3 cm³/mol. The van der Waals surface area contributed by atoms with Crippen LogP contribution >= 0.6 is 0 Å². The molecule has 130 valence electrons. The van der Waals surface area contributed by atoms with E-state index in [1.165, 1.54) is 12.1 Å². The summed E-state index contributed by atoms with van der Waals surface area (Å²) in [7, 11) is 0. The van der Waals surface area contributed by atoms with Crippen LogP contribution in [0.5, 0.6) is 0 Å². The van der Waals surface area contributed by atoms with Crippen LogP contribution in [-0.4, -0.2) is 24.3 Å². The maximum absolute atomic E-state index is 12.8. The summed E-state index contributed by atoms with van der Waals surface area (Å²) < 4.78 is 12.8. The van der Waals surface area contributed by atoms with Crippen LogP contribution in [-0.2, 0) is 4.79 Å². The quantitative estimate of drug-likeness (QED) is 0.738. The fourth-order valence-corrected chi connectivity index (χ4v) is 1.99. The highest BCUT2D eigenvalue weighted by atomic mass is 19.1. The molecule has 0 aromatic heterocycles. The zero-order chi connectivity index (χ0) is 18.4. The molecule has 3 N–H and O–H groups in total. The molecule has 0 bridgehead atoms. The molecule has 0 spiro atoms. The Morgan fingerprint density at radius 1 is 0.840 bits per heavy atom. The Labute approximate surface area is 144 Å². The van der Waals surface area contributed by atoms with E-state index in [9.17, 15) is 18.8 Å². The molecule has 2 aromatic carbocycles. The summed E-state index contributed by atoms with van der Waals surface area (Å²) in [5.74, 6) is -2.03. The second kappa shape index (κ2) is 8.05. The number of carbonyl (C=O) groups is 3. The number of aryl methyl sites for hydroxylation is 2. The van der Waals surface area contributed by atoms with Gasteiger partial charge >= 0.3 is 0 Å². The Balaban J connectivity index is 1.80. The van der Waals surface area contributed by atoms with Gasteiger partial charge in [0, 0.05) is 11.1 Å². The first-order valence-electron chi connectivity index (χ1n) is 7.57. The Hall–Kier alpha value is -3.22. The standard InChI is InChI=1S/C18H18FN3O3/c1-11-3-4-14(9-12(11)2)17(24)20-10-16(23)21-22-18(25)13-5-7-15(19)8-6-13/h3-9H,10H2,1-2H3,(H,20,24)(H,21,23)(H,22,25). The van der Waals surface area contributed by atoms with Crippen molar-refractivity contribution in [3.8, 4) is 0 Å². The first-order chi connectivity index (χ1) is 11.9. The molecule has 2 rings (SSSR count). The highest BCUT2D eigenvalue weighted by Crippen LogP contribution is 2.09. The lowest BCUT2D eigenvalue weighted by atomic mass is 10.1. The molecule has 0 saturated carbocycles. The molecule has 25 heavy (non-hydrogen) atoms. The van der Waals surface area contributed by atoms with Crippen molar-refractivity contribution in [2.75, 3.05) is 6.54 Å². The van der Waals surface area contributed by atoms with Crippen LogP contribution in [0.3, 0.4) is 0 Å². The third-order valence-corrected chi connectivity index (χ3v) is 3.60. The second-order valence-electron chi connectivity index (χ2n) is 5.49. The number of hydrogen-bond acceptors (Lipinski definition) is 3. The highest BCUT2D eigenvalue weighted by molar-refractivity contribution is 5.98.